The number of nitrogens with zero attached hydrogens (tertiary/aromatic N) is 2. The second kappa shape index (κ2) is 10.6. The summed E-state index contributed by atoms with van der Waals surface area (Å²) < 4.78 is 4.84. The molecule has 0 atom stereocenters. The van der Waals surface area contributed by atoms with E-state index >= 15 is 0 Å². The quantitative estimate of drug-likeness (QED) is 0.238. The number of carbonyl (C=O) groups is 4. The van der Waals surface area contributed by atoms with Crippen LogP contribution in [0.2, 0.25) is 0 Å². The van der Waals surface area contributed by atoms with E-state index in [1.807, 2.05) is 6.07 Å². The fraction of sp³-hybridized carbons (Fsp3) is 0.154. The first-order valence-electron chi connectivity index (χ1n) is 11.1. The summed E-state index contributed by atoms with van der Waals surface area (Å²) in [6.45, 7) is 1.41. The zero-order valence-electron chi connectivity index (χ0n) is 19.6. The summed E-state index contributed by atoms with van der Waals surface area (Å²) in [7, 11) is 1.25. The average Bonchev–Trinajstić information content (AvgIpc) is 3.32. The van der Waals surface area contributed by atoms with Crippen LogP contribution >= 0.6 is 0 Å². The Labute approximate surface area is 206 Å². The van der Waals surface area contributed by atoms with Crippen LogP contribution in [0.4, 0.5) is 17.2 Å². The number of hydrogen-bond acceptors (Lipinski definition) is 8. The van der Waals surface area contributed by atoms with E-state index in [2.05, 4.69) is 25.6 Å². The van der Waals surface area contributed by atoms with Gasteiger partial charge in [-0.3, -0.25) is 9.59 Å². The van der Waals surface area contributed by atoms with Crippen molar-refractivity contribution in [2.45, 2.75) is 19.8 Å². The molecule has 0 aliphatic carbocycles. The van der Waals surface area contributed by atoms with Crippen LogP contribution in [0.15, 0.2) is 61.1 Å². The van der Waals surface area contributed by atoms with Crippen LogP contribution < -0.4 is 10.6 Å². The highest BCUT2D eigenvalue weighted by atomic mass is 16.5. The van der Waals surface area contributed by atoms with Crippen LogP contribution in [-0.2, 0) is 14.3 Å². The Balaban J connectivity index is 1.70. The van der Waals surface area contributed by atoms with Crippen LogP contribution in [0, 0.1) is 0 Å². The molecule has 4 rings (SSSR count). The van der Waals surface area contributed by atoms with E-state index in [9.17, 15) is 19.2 Å². The zero-order valence-corrected chi connectivity index (χ0v) is 19.6. The van der Waals surface area contributed by atoms with Crippen LogP contribution in [0.3, 0.4) is 0 Å². The molecule has 1 amide bonds. The van der Waals surface area contributed by atoms with Gasteiger partial charge in [0.1, 0.15) is 23.6 Å². The van der Waals surface area contributed by atoms with Gasteiger partial charge in [-0.05, 0) is 25.1 Å². The number of methoxy groups -OCH3 is 1. The molecule has 2 aromatic heterocycles. The lowest BCUT2D eigenvalue weighted by Gasteiger charge is -2.12. The molecule has 182 valence electrons. The molecule has 36 heavy (non-hydrogen) atoms. The lowest BCUT2D eigenvalue weighted by atomic mass is 10.0. The lowest BCUT2D eigenvalue weighted by molar-refractivity contribution is -0.121. The van der Waals surface area contributed by atoms with Crippen LogP contribution in [0.25, 0.3) is 11.0 Å². The number of amides is 1. The second-order valence-corrected chi connectivity index (χ2v) is 8.01. The molecule has 0 saturated carbocycles. The minimum atomic E-state index is -0.604. The third kappa shape index (κ3) is 5.44. The Morgan fingerprint density at radius 3 is 2.42 bits per heavy atom. The fourth-order valence-electron chi connectivity index (χ4n) is 3.64. The van der Waals surface area contributed by atoms with Crippen LogP contribution in [0.1, 0.15) is 46.0 Å². The number of ketones is 2. The van der Waals surface area contributed by atoms with Gasteiger partial charge in [0.15, 0.2) is 5.78 Å². The summed E-state index contributed by atoms with van der Waals surface area (Å²) in [6.07, 6.45) is 3.04. The number of benzene rings is 2. The molecular weight excluding hydrogens is 462 g/mol. The summed E-state index contributed by atoms with van der Waals surface area (Å²) in [5.74, 6) is -0.954. The van der Waals surface area contributed by atoms with E-state index < -0.39 is 5.97 Å². The highest BCUT2D eigenvalue weighted by Crippen LogP contribution is 2.29. The molecule has 10 nitrogen and oxygen atoms in total. The summed E-state index contributed by atoms with van der Waals surface area (Å²) >= 11 is 0. The number of hydrogen-bond donors (Lipinski definition) is 3. The molecule has 2 heterocycles. The molecular formula is C26H23N5O5. The molecule has 4 aromatic rings. The predicted octanol–water partition coefficient (Wildman–Crippen LogP) is 4.03. The number of nitrogens with one attached hydrogen (secondary N) is 3. The van der Waals surface area contributed by atoms with E-state index in [0.717, 1.165) is 0 Å². The number of carbonyl (C=O) groups excluding carboxylic acids is 4. The minimum Gasteiger partial charge on any atom is -0.465 e. The standard InChI is InChI=1S/C26H23N5O5/c1-15(32)8-9-21(33)30-18-10-17(26(35)36-2)11-19(12-18)31-25-22-20(13-27-24(22)28-14-29-25)23(34)16-6-4-3-5-7-16/h3-7,10-14H,8-9H2,1-2H3,(H,30,33)(H2,27,28,29,31). The van der Waals surface area contributed by atoms with Crippen molar-refractivity contribution in [3.05, 3.63) is 77.7 Å². The van der Waals surface area contributed by atoms with Crippen molar-refractivity contribution in [1.82, 2.24) is 15.0 Å². The Kier molecular flexibility index (Phi) is 7.15. The van der Waals surface area contributed by atoms with E-state index in [4.69, 9.17) is 4.74 Å². The molecule has 10 heteroatoms. The molecule has 0 radical (unpaired) electrons. The highest BCUT2D eigenvalue weighted by molar-refractivity contribution is 6.18. The van der Waals surface area contributed by atoms with Gasteiger partial charge >= 0.3 is 5.97 Å². The first kappa shape index (κ1) is 24.3. The van der Waals surface area contributed by atoms with Gasteiger partial charge in [0.2, 0.25) is 5.91 Å². The second-order valence-electron chi connectivity index (χ2n) is 8.01. The van der Waals surface area contributed by atoms with Gasteiger partial charge in [0, 0.05) is 36.0 Å². The highest BCUT2D eigenvalue weighted by Gasteiger charge is 2.19. The first-order chi connectivity index (χ1) is 17.4. The van der Waals surface area contributed by atoms with Crippen molar-refractivity contribution in [3.8, 4) is 0 Å². The molecule has 0 unspecified atom stereocenters. The van der Waals surface area contributed by atoms with Gasteiger partial charge < -0.3 is 25.1 Å². The van der Waals surface area contributed by atoms with E-state index in [1.165, 1.54) is 32.5 Å². The van der Waals surface area contributed by atoms with Gasteiger partial charge in [-0.15, -0.1) is 0 Å². The molecule has 0 bridgehead atoms. The largest absolute Gasteiger partial charge is 0.465 e. The lowest BCUT2D eigenvalue weighted by Crippen LogP contribution is -2.13. The number of fused-ring (bicyclic) bond motifs is 1. The molecule has 0 spiro atoms. The molecule has 0 fully saturated rings. The summed E-state index contributed by atoms with van der Waals surface area (Å²) in [5, 5.41) is 6.29. The Hall–Kier alpha value is -4.86. The monoisotopic (exact) mass is 485 g/mol. The van der Waals surface area contributed by atoms with E-state index in [-0.39, 0.29) is 35.9 Å². The zero-order chi connectivity index (χ0) is 25.7. The number of esters is 1. The van der Waals surface area contributed by atoms with E-state index in [0.29, 0.717) is 39.4 Å². The third-order valence-corrected chi connectivity index (χ3v) is 5.36. The summed E-state index contributed by atoms with van der Waals surface area (Å²) in [6, 6.07) is 13.4. The van der Waals surface area contributed by atoms with Gasteiger partial charge in [0.25, 0.3) is 0 Å². The van der Waals surface area contributed by atoms with Crippen molar-refractivity contribution in [2.24, 2.45) is 0 Å². The SMILES string of the molecule is COC(=O)c1cc(NC(=O)CCC(C)=O)cc(Nc2ncnc3[nH]cc(C(=O)c4ccccc4)c23)c1. The Bertz CT molecular complexity index is 1460. The van der Waals surface area contributed by atoms with Gasteiger partial charge in [-0.25, -0.2) is 14.8 Å². The maximum atomic E-state index is 13.2. The molecule has 0 aliphatic rings. The Morgan fingerprint density at radius 2 is 1.69 bits per heavy atom. The Morgan fingerprint density at radius 1 is 0.944 bits per heavy atom. The predicted molar refractivity (Wildman–Crippen MR) is 133 cm³/mol. The smallest absolute Gasteiger partial charge is 0.337 e. The van der Waals surface area contributed by atoms with Crippen LogP contribution in [-0.4, -0.2) is 45.5 Å². The van der Waals surface area contributed by atoms with Crippen molar-refractivity contribution in [3.63, 3.8) is 0 Å². The third-order valence-electron chi connectivity index (χ3n) is 5.36. The minimum absolute atomic E-state index is 0.0153. The van der Waals surface area contributed by atoms with Crippen LogP contribution in [0.5, 0.6) is 0 Å². The first-order valence-corrected chi connectivity index (χ1v) is 11.1. The molecule has 3 N–H and O–H groups in total. The summed E-state index contributed by atoms with van der Waals surface area (Å²) in [4.78, 5) is 60.4. The number of anilines is 3. The topological polar surface area (TPSA) is 143 Å². The molecule has 2 aromatic carbocycles. The van der Waals surface area contributed by atoms with Crippen molar-refractivity contribution >= 4 is 51.7 Å². The maximum Gasteiger partial charge on any atom is 0.337 e. The van der Waals surface area contributed by atoms with Gasteiger partial charge in [0.05, 0.1) is 23.6 Å². The number of aromatic nitrogens is 3. The average molecular weight is 486 g/mol. The van der Waals surface area contributed by atoms with Gasteiger partial charge in [-0.2, -0.15) is 0 Å². The van der Waals surface area contributed by atoms with Crippen molar-refractivity contribution in [1.29, 1.82) is 0 Å². The number of ether oxygens (including phenoxy) is 1. The van der Waals surface area contributed by atoms with Crippen molar-refractivity contribution < 1.29 is 23.9 Å². The van der Waals surface area contributed by atoms with Gasteiger partial charge in [-0.1, -0.05) is 30.3 Å². The molecule has 0 saturated heterocycles. The van der Waals surface area contributed by atoms with Crippen molar-refractivity contribution in [2.75, 3.05) is 17.7 Å². The number of H-pyrrole nitrogens is 1. The fourth-order valence-corrected chi connectivity index (χ4v) is 3.64. The summed E-state index contributed by atoms with van der Waals surface area (Å²) in [5.41, 5.74) is 2.27. The maximum absolute atomic E-state index is 13.2. The van der Waals surface area contributed by atoms with E-state index in [1.54, 1.807) is 36.5 Å². The molecule has 0 aliphatic heterocycles. The number of Topliss-reactive ketones (excluding diaryl/α,β-unsaturated/α-hetero) is 1. The number of rotatable bonds is 9. The number of aromatic amines is 1. The normalized spacial score (nSPS) is 10.6.